The second-order valence-corrected chi connectivity index (χ2v) is 6.01. The minimum absolute atomic E-state index is 0.104. The van der Waals surface area contributed by atoms with Gasteiger partial charge in [0, 0.05) is 6.61 Å². The van der Waals surface area contributed by atoms with Gasteiger partial charge in [-0.05, 0) is 25.8 Å². The first-order valence-electron chi connectivity index (χ1n) is 8.26. The highest BCUT2D eigenvalue weighted by atomic mass is 16.5. The second-order valence-electron chi connectivity index (χ2n) is 6.01. The lowest BCUT2D eigenvalue weighted by molar-refractivity contribution is 0.0980. The molecule has 1 aromatic carbocycles. The molecule has 6 heteroatoms. The van der Waals surface area contributed by atoms with E-state index in [0.29, 0.717) is 12.3 Å². The Balaban J connectivity index is 2.29. The number of anilines is 1. The van der Waals surface area contributed by atoms with Crippen LogP contribution in [0.5, 0.6) is 0 Å². The number of nitrogen functional groups attached to an aromatic ring is 1. The zero-order valence-electron chi connectivity index (χ0n) is 14.6. The van der Waals surface area contributed by atoms with Crippen LogP contribution in [0.1, 0.15) is 59.9 Å². The number of rotatable bonds is 8. The topological polar surface area (TPSA) is 96.2 Å². The predicted molar refractivity (Wildman–Crippen MR) is 94.7 cm³/mol. The molecular weight excluding hydrogens is 304 g/mol. The van der Waals surface area contributed by atoms with Gasteiger partial charge in [-0.3, -0.25) is 4.79 Å². The number of hydrogen-bond acceptors (Lipinski definition) is 4. The van der Waals surface area contributed by atoms with Gasteiger partial charge in [0.2, 0.25) is 0 Å². The van der Waals surface area contributed by atoms with Crippen molar-refractivity contribution in [1.82, 2.24) is 9.78 Å². The van der Waals surface area contributed by atoms with E-state index in [4.69, 9.17) is 16.2 Å². The number of amides is 1. The van der Waals surface area contributed by atoms with Crippen molar-refractivity contribution < 1.29 is 9.53 Å². The van der Waals surface area contributed by atoms with Gasteiger partial charge in [-0.15, -0.1) is 0 Å². The third kappa shape index (κ3) is 3.94. The SMILES string of the molecule is CCCCOCc1nn(C(C)c2ccc(C)cc2)c(N)c1C(N)=O. The third-order valence-electron chi connectivity index (χ3n) is 4.07. The van der Waals surface area contributed by atoms with Gasteiger partial charge in [0.1, 0.15) is 17.1 Å². The highest BCUT2D eigenvalue weighted by Crippen LogP contribution is 2.25. The molecule has 2 aromatic rings. The first-order valence-corrected chi connectivity index (χ1v) is 8.26. The normalized spacial score (nSPS) is 12.3. The maximum Gasteiger partial charge on any atom is 0.254 e. The Labute approximate surface area is 142 Å². The Kier molecular flexibility index (Phi) is 5.98. The van der Waals surface area contributed by atoms with Gasteiger partial charge in [-0.25, -0.2) is 4.68 Å². The summed E-state index contributed by atoms with van der Waals surface area (Å²) in [7, 11) is 0. The fourth-order valence-electron chi connectivity index (χ4n) is 2.56. The summed E-state index contributed by atoms with van der Waals surface area (Å²) in [6.45, 7) is 6.97. The Bertz CT molecular complexity index is 692. The van der Waals surface area contributed by atoms with Crippen molar-refractivity contribution in [1.29, 1.82) is 0 Å². The first-order chi connectivity index (χ1) is 11.5. The summed E-state index contributed by atoms with van der Waals surface area (Å²) in [6.07, 6.45) is 2.01. The molecular formula is C18H26N4O2. The Hall–Kier alpha value is -2.34. The van der Waals surface area contributed by atoms with Crippen LogP contribution in [0.2, 0.25) is 0 Å². The van der Waals surface area contributed by atoms with E-state index in [2.05, 4.69) is 12.0 Å². The number of carbonyl (C=O) groups excluding carboxylic acids is 1. The summed E-state index contributed by atoms with van der Waals surface area (Å²) in [6, 6.07) is 8.03. The van der Waals surface area contributed by atoms with Crippen LogP contribution in [0, 0.1) is 6.92 Å². The maximum absolute atomic E-state index is 11.8. The number of aromatic nitrogens is 2. The molecule has 0 aliphatic rings. The van der Waals surface area contributed by atoms with Gasteiger partial charge in [-0.1, -0.05) is 43.2 Å². The van der Waals surface area contributed by atoms with E-state index >= 15 is 0 Å². The van der Waals surface area contributed by atoms with Gasteiger partial charge < -0.3 is 16.2 Å². The number of unbranched alkanes of at least 4 members (excludes halogenated alkanes) is 1. The number of primary amides is 1. The van der Waals surface area contributed by atoms with E-state index in [1.807, 2.05) is 38.1 Å². The number of aryl methyl sites for hydroxylation is 1. The average molecular weight is 330 g/mol. The second kappa shape index (κ2) is 7.97. The molecule has 0 fully saturated rings. The van der Waals surface area contributed by atoms with Gasteiger partial charge in [0.05, 0.1) is 12.6 Å². The van der Waals surface area contributed by atoms with E-state index in [0.717, 1.165) is 18.4 Å². The first kappa shape index (κ1) is 18.0. The molecule has 1 atom stereocenters. The summed E-state index contributed by atoms with van der Waals surface area (Å²) in [5.74, 6) is -0.298. The molecule has 0 radical (unpaired) electrons. The molecule has 130 valence electrons. The quantitative estimate of drug-likeness (QED) is 0.727. The van der Waals surface area contributed by atoms with Crippen molar-refractivity contribution in [2.75, 3.05) is 12.3 Å². The van der Waals surface area contributed by atoms with E-state index in [-0.39, 0.29) is 24.0 Å². The number of carbonyl (C=O) groups is 1. The smallest absolute Gasteiger partial charge is 0.254 e. The van der Waals surface area contributed by atoms with Crippen LogP contribution >= 0.6 is 0 Å². The van der Waals surface area contributed by atoms with E-state index in [1.54, 1.807) is 4.68 Å². The van der Waals surface area contributed by atoms with Gasteiger partial charge in [-0.2, -0.15) is 5.10 Å². The molecule has 1 amide bonds. The number of nitrogens with two attached hydrogens (primary N) is 2. The fraction of sp³-hybridized carbons (Fsp3) is 0.444. The van der Waals surface area contributed by atoms with Crippen LogP contribution in [0.25, 0.3) is 0 Å². The summed E-state index contributed by atoms with van der Waals surface area (Å²) in [5.41, 5.74) is 14.6. The van der Waals surface area contributed by atoms with Gasteiger partial charge in [0.25, 0.3) is 5.91 Å². The molecule has 2 rings (SSSR count). The Morgan fingerprint density at radius 3 is 2.58 bits per heavy atom. The highest BCUT2D eigenvalue weighted by Gasteiger charge is 2.23. The molecule has 4 N–H and O–H groups in total. The van der Waals surface area contributed by atoms with Crippen molar-refractivity contribution in [2.45, 2.75) is 46.3 Å². The van der Waals surface area contributed by atoms with Gasteiger partial charge in [0.15, 0.2) is 0 Å². The minimum Gasteiger partial charge on any atom is -0.383 e. The summed E-state index contributed by atoms with van der Waals surface area (Å²) >= 11 is 0. The molecule has 1 heterocycles. The monoisotopic (exact) mass is 330 g/mol. The average Bonchev–Trinajstić information content (AvgIpc) is 2.88. The number of hydrogen-bond donors (Lipinski definition) is 2. The molecule has 24 heavy (non-hydrogen) atoms. The third-order valence-corrected chi connectivity index (χ3v) is 4.07. The molecule has 0 saturated carbocycles. The van der Waals surface area contributed by atoms with Crippen molar-refractivity contribution in [3.05, 3.63) is 46.6 Å². The largest absolute Gasteiger partial charge is 0.383 e. The summed E-state index contributed by atoms with van der Waals surface area (Å²) in [4.78, 5) is 11.8. The van der Waals surface area contributed by atoms with Crippen LogP contribution < -0.4 is 11.5 Å². The summed E-state index contributed by atoms with van der Waals surface area (Å²) < 4.78 is 7.22. The number of nitrogens with zero attached hydrogens (tertiary/aromatic N) is 2. The highest BCUT2D eigenvalue weighted by molar-refractivity contribution is 5.98. The zero-order valence-corrected chi connectivity index (χ0v) is 14.6. The summed E-state index contributed by atoms with van der Waals surface area (Å²) in [5, 5.41) is 4.49. The van der Waals surface area contributed by atoms with Crippen LogP contribution in [-0.2, 0) is 11.3 Å². The van der Waals surface area contributed by atoms with Gasteiger partial charge >= 0.3 is 0 Å². The molecule has 0 aliphatic carbocycles. The molecule has 0 spiro atoms. The standard InChI is InChI=1S/C18H26N4O2/c1-4-5-10-24-11-15-16(18(20)23)17(19)22(21-15)13(3)14-8-6-12(2)7-9-14/h6-9,13H,4-5,10-11,19H2,1-3H3,(H2,20,23). The molecule has 0 saturated heterocycles. The van der Waals surface area contributed by atoms with Crippen molar-refractivity contribution in [2.24, 2.45) is 5.73 Å². The van der Waals surface area contributed by atoms with Crippen LogP contribution in [0.4, 0.5) is 5.82 Å². The lowest BCUT2D eigenvalue weighted by atomic mass is 10.1. The van der Waals surface area contributed by atoms with Crippen molar-refractivity contribution in [3.63, 3.8) is 0 Å². The fourth-order valence-corrected chi connectivity index (χ4v) is 2.56. The molecule has 0 bridgehead atoms. The number of ether oxygens (including phenoxy) is 1. The molecule has 0 aliphatic heterocycles. The maximum atomic E-state index is 11.8. The Morgan fingerprint density at radius 2 is 2.00 bits per heavy atom. The van der Waals surface area contributed by atoms with E-state index in [9.17, 15) is 4.79 Å². The predicted octanol–water partition coefficient (Wildman–Crippen LogP) is 2.80. The lowest BCUT2D eigenvalue weighted by Gasteiger charge is -2.14. The molecule has 1 aromatic heterocycles. The lowest BCUT2D eigenvalue weighted by Crippen LogP contribution is -2.16. The van der Waals surface area contributed by atoms with Crippen LogP contribution in [0.15, 0.2) is 24.3 Å². The van der Waals surface area contributed by atoms with Crippen LogP contribution in [-0.4, -0.2) is 22.3 Å². The molecule has 6 nitrogen and oxygen atoms in total. The zero-order chi connectivity index (χ0) is 17.7. The number of benzene rings is 1. The minimum atomic E-state index is -0.580. The van der Waals surface area contributed by atoms with Crippen molar-refractivity contribution >= 4 is 11.7 Å². The van der Waals surface area contributed by atoms with Crippen LogP contribution in [0.3, 0.4) is 0 Å². The van der Waals surface area contributed by atoms with E-state index in [1.165, 1.54) is 5.56 Å². The van der Waals surface area contributed by atoms with E-state index < -0.39 is 5.91 Å². The van der Waals surface area contributed by atoms with Crippen molar-refractivity contribution in [3.8, 4) is 0 Å². The Morgan fingerprint density at radius 1 is 1.33 bits per heavy atom. The molecule has 1 unspecified atom stereocenters.